The van der Waals surface area contributed by atoms with Crippen LogP contribution in [0.3, 0.4) is 0 Å². The number of hydrogen-bond acceptors (Lipinski definition) is 3. The first-order chi connectivity index (χ1) is 10.7. The Morgan fingerprint density at radius 3 is 2.78 bits per heavy atom. The number of benzene rings is 1. The molecule has 0 bridgehead atoms. The van der Waals surface area contributed by atoms with E-state index in [4.69, 9.17) is 11.6 Å². The molecule has 1 N–H and O–H groups in total. The highest BCUT2D eigenvalue weighted by Gasteiger charge is 2.41. The molecular formula is C15H20ClFN2O3S. The van der Waals surface area contributed by atoms with E-state index >= 15 is 0 Å². The number of sulfonamides is 1. The molecule has 2 rings (SSSR count). The van der Waals surface area contributed by atoms with Crippen molar-refractivity contribution >= 4 is 27.5 Å². The van der Waals surface area contributed by atoms with Crippen LogP contribution in [0.2, 0.25) is 5.02 Å². The molecule has 128 valence electrons. The number of nitrogens with one attached hydrogen (secondary N) is 1. The van der Waals surface area contributed by atoms with Gasteiger partial charge >= 0.3 is 0 Å². The maximum absolute atomic E-state index is 13.0. The van der Waals surface area contributed by atoms with Crippen molar-refractivity contribution in [3.63, 3.8) is 0 Å². The minimum absolute atomic E-state index is 0.0187. The SMILES string of the molecule is CC(C)CN1[C@H](C(=O)NCc2ccc(F)cc2Cl)CCS1(=O)=O. The summed E-state index contributed by atoms with van der Waals surface area (Å²) < 4.78 is 38.4. The molecule has 1 aliphatic rings. The highest BCUT2D eigenvalue weighted by atomic mass is 35.5. The van der Waals surface area contributed by atoms with Gasteiger partial charge in [-0.1, -0.05) is 31.5 Å². The molecule has 1 amide bonds. The zero-order valence-electron chi connectivity index (χ0n) is 13.1. The molecule has 1 saturated heterocycles. The summed E-state index contributed by atoms with van der Waals surface area (Å²) in [6.45, 7) is 4.25. The van der Waals surface area contributed by atoms with Crippen LogP contribution in [-0.2, 0) is 21.4 Å². The van der Waals surface area contributed by atoms with E-state index in [1.54, 1.807) is 0 Å². The Labute approximate surface area is 140 Å². The highest BCUT2D eigenvalue weighted by Crippen LogP contribution is 2.23. The predicted octanol–water partition coefficient (Wildman–Crippen LogP) is 2.16. The van der Waals surface area contributed by atoms with Crippen LogP contribution in [0.25, 0.3) is 0 Å². The average Bonchev–Trinajstić information content (AvgIpc) is 2.73. The van der Waals surface area contributed by atoms with E-state index < -0.39 is 21.9 Å². The van der Waals surface area contributed by atoms with E-state index in [-0.39, 0.29) is 35.6 Å². The average molecular weight is 363 g/mol. The van der Waals surface area contributed by atoms with Crippen LogP contribution in [0.4, 0.5) is 4.39 Å². The molecule has 8 heteroatoms. The first-order valence-electron chi connectivity index (χ1n) is 7.42. The number of carbonyl (C=O) groups excluding carboxylic acids is 1. The molecule has 1 aromatic rings. The first-order valence-corrected chi connectivity index (χ1v) is 9.40. The van der Waals surface area contributed by atoms with Gasteiger partial charge in [0.2, 0.25) is 15.9 Å². The summed E-state index contributed by atoms with van der Waals surface area (Å²) in [6, 6.07) is 3.24. The van der Waals surface area contributed by atoms with E-state index in [1.807, 2.05) is 13.8 Å². The molecule has 1 heterocycles. The molecule has 0 radical (unpaired) electrons. The van der Waals surface area contributed by atoms with Gasteiger partial charge in [0.1, 0.15) is 11.9 Å². The fourth-order valence-electron chi connectivity index (χ4n) is 2.54. The Kier molecular flexibility index (Phi) is 5.65. The molecule has 1 atom stereocenters. The van der Waals surface area contributed by atoms with E-state index in [0.717, 1.165) is 0 Å². The number of amides is 1. The number of hydrogen-bond donors (Lipinski definition) is 1. The topological polar surface area (TPSA) is 66.5 Å². The van der Waals surface area contributed by atoms with Crippen molar-refractivity contribution in [3.05, 3.63) is 34.6 Å². The normalized spacial score (nSPS) is 20.8. The van der Waals surface area contributed by atoms with Crippen molar-refractivity contribution in [2.45, 2.75) is 32.9 Å². The van der Waals surface area contributed by atoms with Gasteiger partial charge in [-0.25, -0.2) is 12.8 Å². The van der Waals surface area contributed by atoms with Gasteiger partial charge in [-0.2, -0.15) is 4.31 Å². The van der Waals surface area contributed by atoms with Crippen LogP contribution in [-0.4, -0.2) is 37.0 Å². The number of nitrogens with zero attached hydrogens (tertiary/aromatic N) is 1. The van der Waals surface area contributed by atoms with Gasteiger partial charge in [-0.15, -0.1) is 0 Å². The van der Waals surface area contributed by atoms with Crippen LogP contribution < -0.4 is 5.32 Å². The first kappa shape index (κ1) is 18.2. The Balaban J connectivity index is 2.05. The zero-order valence-corrected chi connectivity index (χ0v) is 14.6. The third-order valence-electron chi connectivity index (χ3n) is 3.67. The fourth-order valence-corrected chi connectivity index (χ4v) is 4.65. The maximum Gasteiger partial charge on any atom is 0.238 e. The molecule has 1 aliphatic heterocycles. The lowest BCUT2D eigenvalue weighted by Crippen LogP contribution is -2.45. The predicted molar refractivity (Wildman–Crippen MR) is 87.0 cm³/mol. The molecule has 0 unspecified atom stereocenters. The summed E-state index contributed by atoms with van der Waals surface area (Å²) in [6.07, 6.45) is 0.276. The zero-order chi connectivity index (χ0) is 17.2. The maximum atomic E-state index is 13.0. The molecular weight excluding hydrogens is 343 g/mol. The largest absolute Gasteiger partial charge is 0.351 e. The number of rotatable bonds is 5. The van der Waals surface area contributed by atoms with Gasteiger partial charge in [-0.3, -0.25) is 4.79 Å². The van der Waals surface area contributed by atoms with Crippen molar-refractivity contribution in [2.75, 3.05) is 12.3 Å². The lowest BCUT2D eigenvalue weighted by atomic mass is 10.1. The molecule has 23 heavy (non-hydrogen) atoms. The van der Waals surface area contributed by atoms with Crippen molar-refractivity contribution in [1.29, 1.82) is 0 Å². The summed E-state index contributed by atoms with van der Waals surface area (Å²) in [4.78, 5) is 12.3. The minimum atomic E-state index is -3.38. The second kappa shape index (κ2) is 7.15. The van der Waals surface area contributed by atoms with E-state index in [2.05, 4.69) is 5.32 Å². The Bertz CT molecular complexity index is 694. The quantitative estimate of drug-likeness (QED) is 0.872. The number of halogens is 2. The summed E-state index contributed by atoms with van der Waals surface area (Å²) in [5.41, 5.74) is 0.581. The summed E-state index contributed by atoms with van der Waals surface area (Å²) >= 11 is 5.92. The summed E-state index contributed by atoms with van der Waals surface area (Å²) in [5, 5.41) is 2.92. The summed E-state index contributed by atoms with van der Waals surface area (Å²) in [5.74, 6) is -0.693. The molecule has 5 nitrogen and oxygen atoms in total. The standard InChI is InChI=1S/C15H20ClFN2O3S/c1-10(2)9-19-14(5-6-23(19,21)22)15(20)18-8-11-3-4-12(17)7-13(11)16/h3-4,7,10,14H,5-6,8-9H2,1-2H3,(H,18,20)/t14-/m0/s1. The van der Waals surface area contributed by atoms with Crippen molar-refractivity contribution < 1.29 is 17.6 Å². The molecule has 0 aliphatic carbocycles. The smallest absolute Gasteiger partial charge is 0.238 e. The minimum Gasteiger partial charge on any atom is -0.351 e. The number of carbonyl (C=O) groups is 1. The monoisotopic (exact) mass is 362 g/mol. The highest BCUT2D eigenvalue weighted by molar-refractivity contribution is 7.89. The van der Waals surface area contributed by atoms with E-state index in [0.29, 0.717) is 12.1 Å². The van der Waals surface area contributed by atoms with Gasteiger partial charge in [0.25, 0.3) is 0 Å². The van der Waals surface area contributed by atoms with Crippen molar-refractivity contribution in [1.82, 2.24) is 9.62 Å². The van der Waals surface area contributed by atoms with Crippen molar-refractivity contribution in [2.24, 2.45) is 5.92 Å². The van der Waals surface area contributed by atoms with Crippen LogP contribution in [0.5, 0.6) is 0 Å². The molecule has 1 fully saturated rings. The summed E-state index contributed by atoms with van der Waals surface area (Å²) in [7, 11) is -3.38. The van der Waals surface area contributed by atoms with Crippen molar-refractivity contribution in [3.8, 4) is 0 Å². The second-order valence-corrected chi connectivity index (χ2v) is 8.49. The van der Waals surface area contributed by atoms with Crippen LogP contribution >= 0.6 is 11.6 Å². The lowest BCUT2D eigenvalue weighted by molar-refractivity contribution is -0.124. The van der Waals surface area contributed by atoms with Gasteiger partial charge in [0.15, 0.2) is 0 Å². The molecule has 0 aromatic heterocycles. The molecule has 0 saturated carbocycles. The third kappa shape index (κ3) is 4.43. The van der Waals surface area contributed by atoms with Crippen LogP contribution in [0.1, 0.15) is 25.8 Å². The third-order valence-corrected chi connectivity index (χ3v) is 5.89. The Morgan fingerprint density at radius 1 is 1.48 bits per heavy atom. The lowest BCUT2D eigenvalue weighted by Gasteiger charge is -2.24. The van der Waals surface area contributed by atoms with Gasteiger partial charge in [0, 0.05) is 18.1 Å². The van der Waals surface area contributed by atoms with Gasteiger partial charge in [0.05, 0.1) is 5.75 Å². The van der Waals surface area contributed by atoms with Gasteiger partial charge in [-0.05, 0) is 30.0 Å². The van der Waals surface area contributed by atoms with E-state index in [1.165, 1.54) is 22.5 Å². The van der Waals surface area contributed by atoms with Crippen LogP contribution in [0.15, 0.2) is 18.2 Å². The molecule has 1 aromatic carbocycles. The van der Waals surface area contributed by atoms with E-state index in [9.17, 15) is 17.6 Å². The Morgan fingerprint density at radius 2 is 2.17 bits per heavy atom. The second-order valence-electron chi connectivity index (χ2n) is 6.04. The van der Waals surface area contributed by atoms with Crippen LogP contribution in [0, 0.1) is 11.7 Å². The molecule has 0 spiro atoms. The Hall–Kier alpha value is -1.18. The van der Waals surface area contributed by atoms with Gasteiger partial charge < -0.3 is 5.32 Å². The fraction of sp³-hybridized carbons (Fsp3) is 0.533.